The topological polar surface area (TPSA) is 80.6 Å². The Morgan fingerprint density at radius 2 is 2.03 bits per heavy atom. The number of carbonyl (C=O) groups is 1. The van der Waals surface area contributed by atoms with Gasteiger partial charge in [0, 0.05) is 28.1 Å². The summed E-state index contributed by atoms with van der Waals surface area (Å²) in [6.07, 6.45) is -2.10. The molecule has 0 fully saturated rings. The van der Waals surface area contributed by atoms with Gasteiger partial charge in [-0.3, -0.25) is 0 Å². The summed E-state index contributed by atoms with van der Waals surface area (Å²) in [4.78, 5) is 25.1. The number of fused-ring (bicyclic) bond motifs is 2. The summed E-state index contributed by atoms with van der Waals surface area (Å²) in [5.74, 6) is 0.0490. The van der Waals surface area contributed by atoms with E-state index in [9.17, 15) is 22.8 Å². The second-order valence-electron chi connectivity index (χ2n) is 7.81. The largest absolute Gasteiger partial charge is 0.465 e. The molecular weight excluding hydrogens is 477 g/mol. The first-order valence-corrected chi connectivity index (χ1v) is 11.2. The molecule has 3 aromatic rings. The molecule has 33 heavy (non-hydrogen) atoms. The van der Waals surface area contributed by atoms with Crippen LogP contribution in [0.2, 0.25) is 0 Å². The molecule has 0 bridgehead atoms. The van der Waals surface area contributed by atoms with Gasteiger partial charge in [0.05, 0.1) is 18.2 Å². The summed E-state index contributed by atoms with van der Waals surface area (Å²) in [6.45, 7) is 2.15. The zero-order chi connectivity index (χ0) is 23.9. The molecule has 1 aliphatic rings. The lowest BCUT2D eigenvalue weighted by atomic mass is 9.88. The Hall–Kier alpha value is -2.92. The Labute approximate surface area is 195 Å². The van der Waals surface area contributed by atoms with Crippen LogP contribution in [0.1, 0.15) is 39.7 Å². The summed E-state index contributed by atoms with van der Waals surface area (Å²) in [6, 6.07) is 4.29. The van der Waals surface area contributed by atoms with Gasteiger partial charge in [-0.25, -0.2) is 9.59 Å². The minimum atomic E-state index is -4.69. The monoisotopic (exact) mass is 496 g/mol. The van der Waals surface area contributed by atoms with Gasteiger partial charge in [0.1, 0.15) is 10.6 Å². The van der Waals surface area contributed by atoms with Crippen LogP contribution in [0.3, 0.4) is 0 Å². The number of benzene rings is 1. The van der Waals surface area contributed by atoms with Crippen molar-refractivity contribution < 1.29 is 27.1 Å². The number of thiocarbonyl (C=S) groups is 1. The van der Waals surface area contributed by atoms with Crippen LogP contribution in [0.15, 0.2) is 33.5 Å². The molecule has 4 rings (SSSR count). The van der Waals surface area contributed by atoms with Crippen molar-refractivity contribution in [1.29, 1.82) is 0 Å². The summed E-state index contributed by atoms with van der Waals surface area (Å²) in [5, 5.41) is 6.31. The lowest BCUT2D eigenvalue weighted by Crippen LogP contribution is -2.20. The number of alkyl halides is 3. The zero-order valence-electron chi connectivity index (χ0n) is 17.6. The van der Waals surface area contributed by atoms with Gasteiger partial charge in [-0.05, 0) is 55.1 Å². The first kappa shape index (κ1) is 23.2. The van der Waals surface area contributed by atoms with E-state index in [2.05, 4.69) is 17.6 Å². The molecule has 1 atom stereocenters. The maximum absolute atomic E-state index is 13.2. The molecule has 0 aliphatic heterocycles. The van der Waals surface area contributed by atoms with Gasteiger partial charge in [0.15, 0.2) is 5.11 Å². The molecule has 2 aromatic heterocycles. The van der Waals surface area contributed by atoms with Crippen molar-refractivity contribution in [2.45, 2.75) is 32.4 Å². The minimum Gasteiger partial charge on any atom is -0.465 e. The number of nitrogens with one attached hydrogen (secondary N) is 2. The highest BCUT2D eigenvalue weighted by molar-refractivity contribution is 7.80. The van der Waals surface area contributed by atoms with E-state index in [1.807, 2.05) is 0 Å². The number of methoxy groups -OCH3 is 1. The van der Waals surface area contributed by atoms with Gasteiger partial charge in [-0.15, -0.1) is 11.3 Å². The zero-order valence-corrected chi connectivity index (χ0v) is 19.2. The van der Waals surface area contributed by atoms with E-state index in [-0.39, 0.29) is 16.1 Å². The van der Waals surface area contributed by atoms with Gasteiger partial charge in [-0.2, -0.15) is 13.2 Å². The summed E-state index contributed by atoms with van der Waals surface area (Å²) in [7, 11) is 1.32. The number of halogens is 3. The fourth-order valence-electron chi connectivity index (χ4n) is 3.90. The van der Waals surface area contributed by atoms with Crippen LogP contribution in [0.25, 0.3) is 11.0 Å². The molecule has 0 amide bonds. The van der Waals surface area contributed by atoms with Crippen molar-refractivity contribution in [2.75, 3.05) is 17.7 Å². The maximum atomic E-state index is 13.2. The second-order valence-corrected chi connectivity index (χ2v) is 9.33. The predicted octanol–water partition coefficient (Wildman–Crippen LogP) is 5.59. The Morgan fingerprint density at radius 1 is 1.27 bits per heavy atom. The minimum absolute atomic E-state index is 0.125. The smallest absolute Gasteiger partial charge is 0.417 e. The molecule has 6 nitrogen and oxygen atoms in total. The van der Waals surface area contributed by atoms with Crippen molar-refractivity contribution in [3.05, 3.63) is 56.3 Å². The lowest BCUT2D eigenvalue weighted by Gasteiger charge is -2.18. The van der Waals surface area contributed by atoms with Crippen molar-refractivity contribution >= 4 is 56.3 Å². The molecule has 1 unspecified atom stereocenters. The number of anilines is 2. The van der Waals surface area contributed by atoms with Crippen molar-refractivity contribution in [3.63, 3.8) is 0 Å². The molecule has 0 spiro atoms. The van der Waals surface area contributed by atoms with E-state index < -0.39 is 23.3 Å². The van der Waals surface area contributed by atoms with Crippen LogP contribution in [0.4, 0.5) is 23.9 Å². The Balaban J connectivity index is 1.61. The van der Waals surface area contributed by atoms with Crippen LogP contribution in [0, 0.1) is 5.92 Å². The third kappa shape index (κ3) is 4.74. The van der Waals surface area contributed by atoms with E-state index >= 15 is 0 Å². The number of ether oxygens (including phenoxy) is 1. The van der Waals surface area contributed by atoms with E-state index in [1.165, 1.54) is 36.6 Å². The molecule has 1 aromatic carbocycles. The lowest BCUT2D eigenvalue weighted by molar-refractivity contribution is -0.136. The van der Waals surface area contributed by atoms with Crippen LogP contribution in [-0.2, 0) is 23.8 Å². The van der Waals surface area contributed by atoms with Crippen molar-refractivity contribution in [3.8, 4) is 0 Å². The number of carbonyl (C=O) groups excluding carboxylic acids is 1. The maximum Gasteiger partial charge on any atom is 0.417 e. The number of rotatable bonds is 3. The highest BCUT2D eigenvalue weighted by atomic mass is 32.1. The average Bonchev–Trinajstić information content (AvgIpc) is 3.08. The fraction of sp³-hybridized carbons (Fsp3) is 0.318. The van der Waals surface area contributed by atoms with Gasteiger partial charge in [0.25, 0.3) is 0 Å². The van der Waals surface area contributed by atoms with Gasteiger partial charge in [0.2, 0.25) is 0 Å². The van der Waals surface area contributed by atoms with Gasteiger partial charge >= 0.3 is 17.8 Å². The molecule has 174 valence electrons. The first-order valence-electron chi connectivity index (χ1n) is 10.0. The summed E-state index contributed by atoms with van der Waals surface area (Å²) < 4.78 is 49.6. The SMILES string of the molecule is COC(=O)c1c(NC(=S)Nc2ccc3c(C(F)(F)F)cc(=O)oc3c2)sc2c1CCC(C)C2. The fourth-order valence-corrected chi connectivity index (χ4v) is 5.59. The van der Waals surface area contributed by atoms with Gasteiger partial charge < -0.3 is 19.8 Å². The quantitative estimate of drug-likeness (QED) is 0.278. The normalized spacial score (nSPS) is 15.7. The summed E-state index contributed by atoms with van der Waals surface area (Å²) >= 11 is 6.79. The molecular formula is C22H19F3N2O4S2. The third-order valence-corrected chi connectivity index (χ3v) is 6.81. The predicted molar refractivity (Wildman–Crippen MR) is 124 cm³/mol. The number of hydrogen-bond acceptors (Lipinski definition) is 6. The second kappa shape index (κ2) is 8.79. The van der Waals surface area contributed by atoms with Crippen LogP contribution in [-0.4, -0.2) is 18.2 Å². The Bertz CT molecular complexity index is 1310. The summed E-state index contributed by atoms with van der Waals surface area (Å²) in [5.41, 5.74) is -0.665. The van der Waals surface area contributed by atoms with Crippen molar-refractivity contribution in [1.82, 2.24) is 0 Å². The van der Waals surface area contributed by atoms with Crippen LogP contribution in [0.5, 0.6) is 0 Å². The van der Waals surface area contributed by atoms with Crippen molar-refractivity contribution in [2.24, 2.45) is 5.92 Å². The number of esters is 1. The van der Waals surface area contributed by atoms with E-state index in [0.717, 1.165) is 29.7 Å². The molecule has 0 saturated heterocycles. The molecule has 1 aliphatic carbocycles. The van der Waals surface area contributed by atoms with Crippen LogP contribution < -0.4 is 16.3 Å². The first-order chi connectivity index (χ1) is 15.6. The van der Waals surface area contributed by atoms with E-state index in [0.29, 0.717) is 28.2 Å². The third-order valence-electron chi connectivity index (χ3n) is 5.44. The molecule has 2 heterocycles. The van der Waals surface area contributed by atoms with Crippen LogP contribution >= 0.6 is 23.6 Å². The average molecular weight is 497 g/mol. The number of hydrogen-bond donors (Lipinski definition) is 2. The highest BCUT2D eigenvalue weighted by Crippen LogP contribution is 2.40. The molecule has 11 heteroatoms. The standard InChI is InChI=1S/C22H19F3N2O4S2/c1-10-3-5-13-16(7-10)33-19(18(13)20(29)30-2)27-21(32)26-11-4-6-12-14(22(23,24)25)9-17(28)31-15(12)8-11/h4,6,8-10H,3,5,7H2,1-2H3,(H2,26,27,32). The molecule has 0 saturated carbocycles. The van der Waals surface area contributed by atoms with E-state index in [1.54, 1.807) is 0 Å². The van der Waals surface area contributed by atoms with E-state index in [4.69, 9.17) is 21.4 Å². The Kier molecular flexibility index (Phi) is 6.19. The molecule has 2 N–H and O–H groups in total. The highest BCUT2D eigenvalue weighted by Gasteiger charge is 2.34. The Morgan fingerprint density at radius 3 is 2.73 bits per heavy atom. The number of thiophene rings is 1. The van der Waals surface area contributed by atoms with Gasteiger partial charge in [-0.1, -0.05) is 6.92 Å². The molecule has 0 radical (unpaired) electrons.